The van der Waals surface area contributed by atoms with E-state index in [2.05, 4.69) is 126 Å². The van der Waals surface area contributed by atoms with Crippen LogP contribution in [0.25, 0.3) is 0 Å². The molecule has 0 aromatic heterocycles. The molecular weight excluding hydrogens is 765 g/mol. The first-order chi connectivity index (χ1) is 28.0. The Labute approximate surface area is 371 Å². The molecule has 348 valence electrons. The van der Waals surface area contributed by atoms with E-state index in [-0.39, 0.29) is 42.1 Å². The van der Waals surface area contributed by atoms with Crippen molar-refractivity contribution >= 4 is 11.9 Å². The maximum atomic E-state index is 14.1. The maximum Gasteiger partial charge on any atom is 0.318 e. The highest BCUT2D eigenvalue weighted by atomic mass is 16.7. The average molecular weight is 853 g/mol. The number of aromatic hydroxyl groups is 1. The summed E-state index contributed by atoms with van der Waals surface area (Å²) < 4.78 is 0. The lowest BCUT2D eigenvalue weighted by Gasteiger charge is -2.63. The van der Waals surface area contributed by atoms with Crippen LogP contribution in [0.4, 0.5) is 0 Å². The lowest BCUT2D eigenvalue weighted by molar-refractivity contribution is -0.326. The predicted octanol–water partition coefficient (Wildman–Crippen LogP) is 12.4. The summed E-state index contributed by atoms with van der Waals surface area (Å²) in [6.45, 7) is 32.7. The highest BCUT2D eigenvalue weighted by molar-refractivity contribution is 5.94. The molecule has 1 aromatic carbocycles. The zero-order chi connectivity index (χ0) is 45.7. The Morgan fingerprint density at radius 1 is 0.656 bits per heavy atom. The number of benzene rings is 1. The summed E-state index contributed by atoms with van der Waals surface area (Å²) in [4.78, 5) is 42.2. The van der Waals surface area contributed by atoms with Gasteiger partial charge in [-0.3, -0.25) is 19.3 Å². The Hall–Kier alpha value is -2.20. The molecule has 0 spiro atoms. The van der Waals surface area contributed by atoms with Crippen LogP contribution in [-0.2, 0) is 36.5 Å². The van der Waals surface area contributed by atoms with Gasteiger partial charge in [0.05, 0.1) is 12.2 Å². The van der Waals surface area contributed by atoms with Gasteiger partial charge in [0.2, 0.25) is 0 Å². The SMILES string of the molecule is CCC(C1CC(C)(C)N(OC2CCCCC2)C(C)(C)C1)C(Cc1cc(C(C)(C)C)c(O)c(C(C)(C)C)c1)(C1CC(C)(C)N(OC2CCCCC2)C(C)(C)C1)C(C(=O)O)C(=O)O. The molecule has 0 amide bonds. The van der Waals surface area contributed by atoms with Crippen LogP contribution in [0.3, 0.4) is 0 Å². The summed E-state index contributed by atoms with van der Waals surface area (Å²) >= 11 is 0. The number of carboxylic acids is 2. The molecule has 9 nitrogen and oxygen atoms in total. The number of phenols is 1. The van der Waals surface area contributed by atoms with E-state index in [4.69, 9.17) is 9.68 Å². The van der Waals surface area contributed by atoms with E-state index in [1.54, 1.807) is 0 Å². The summed E-state index contributed by atoms with van der Waals surface area (Å²) in [6.07, 6.45) is 15.2. The summed E-state index contributed by atoms with van der Waals surface area (Å²) in [5.74, 6) is -4.52. The van der Waals surface area contributed by atoms with Gasteiger partial charge >= 0.3 is 11.9 Å². The molecule has 4 fully saturated rings. The van der Waals surface area contributed by atoms with Gasteiger partial charge in [-0.2, -0.15) is 10.1 Å². The van der Waals surface area contributed by atoms with Crippen LogP contribution in [0.15, 0.2) is 12.1 Å². The molecule has 2 unspecified atom stereocenters. The van der Waals surface area contributed by atoms with Crippen LogP contribution in [-0.4, -0.2) is 71.7 Å². The molecule has 2 heterocycles. The van der Waals surface area contributed by atoms with Crippen molar-refractivity contribution in [3.8, 4) is 5.75 Å². The van der Waals surface area contributed by atoms with E-state index in [0.29, 0.717) is 19.3 Å². The van der Waals surface area contributed by atoms with Crippen LogP contribution >= 0.6 is 0 Å². The first-order valence-corrected chi connectivity index (χ1v) is 24.2. The van der Waals surface area contributed by atoms with E-state index in [9.17, 15) is 24.9 Å². The molecule has 9 heteroatoms. The number of carbonyl (C=O) groups is 2. The second-order valence-corrected chi connectivity index (χ2v) is 24.8. The molecule has 2 atom stereocenters. The number of phenolic OH excluding ortho intramolecular Hbond substituents is 1. The van der Waals surface area contributed by atoms with Crippen LogP contribution in [0.2, 0.25) is 0 Å². The summed E-state index contributed by atoms with van der Waals surface area (Å²) in [7, 11) is 0. The smallest absolute Gasteiger partial charge is 0.318 e. The fraction of sp³-hybridized carbons (Fsp3) is 0.846. The fourth-order valence-corrected chi connectivity index (χ4v) is 13.6. The van der Waals surface area contributed by atoms with Crippen LogP contribution in [0, 0.1) is 29.1 Å². The molecule has 0 radical (unpaired) electrons. The number of hydroxylamine groups is 4. The predicted molar refractivity (Wildman–Crippen MR) is 246 cm³/mol. The zero-order valence-corrected chi connectivity index (χ0v) is 41.3. The van der Waals surface area contributed by atoms with Gasteiger partial charge in [-0.1, -0.05) is 106 Å². The van der Waals surface area contributed by atoms with E-state index < -0.39 is 56.3 Å². The van der Waals surface area contributed by atoms with Gasteiger partial charge in [-0.15, -0.1) is 0 Å². The van der Waals surface area contributed by atoms with Gasteiger partial charge < -0.3 is 15.3 Å². The molecule has 61 heavy (non-hydrogen) atoms. The second kappa shape index (κ2) is 18.0. The average Bonchev–Trinajstić information content (AvgIpc) is 3.11. The molecule has 4 aliphatic rings. The summed E-state index contributed by atoms with van der Waals surface area (Å²) in [6, 6.07) is 4.14. The molecule has 3 N–H and O–H groups in total. The molecule has 2 aliphatic carbocycles. The molecule has 2 saturated heterocycles. The highest BCUT2D eigenvalue weighted by Gasteiger charge is 2.64. The quantitative estimate of drug-likeness (QED) is 0.167. The number of aliphatic carboxylic acids is 2. The lowest BCUT2D eigenvalue weighted by Crippen LogP contribution is -2.67. The van der Waals surface area contributed by atoms with Crippen molar-refractivity contribution in [2.75, 3.05) is 0 Å². The fourth-order valence-electron chi connectivity index (χ4n) is 13.6. The monoisotopic (exact) mass is 853 g/mol. The Morgan fingerprint density at radius 3 is 1.34 bits per heavy atom. The number of hydrogen-bond acceptors (Lipinski definition) is 7. The van der Waals surface area contributed by atoms with Crippen LogP contribution in [0.1, 0.15) is 217 Å². The van der Waals surface area contributed by atoms with E-state index >= 15 is 0 Å². The third-order valence-corrected chi connectivity index (χ3v) is 15.6. The minimum atomic E-state index is -1.67. The number of carboxylic acid groups (broad SMARTS) is 2. The Bertz CT molecular complexity index is 1600. The highest BCUT2D eigenvalue weighted by Crippen LogP contribution is 2.61. The number of rotatable bonds is 13. The van der Waals surface area contributed by atoms with Gasteiger partial charge in [0.15, 0.2) is 5.92 Å². The minimum Gasteiger partial charge on any atom is -0.507 e. The topological polar surface area (TPSA) is 120 Å². The van der Waals surface area contributed by atoms with Crippen molar-refractivity contribution in [1.29, 1.82) is 0 Å². The third-order valence-electron chi connectivity index (χ3n) is 15.6. The first kappa shape index (κ1) is 49.8. The van der Waals surface area contributed by atoms with Crippen molar-refractivity contribution in [2.45, 2.75) is 252 Å². The van der Waals surface area contributed by atoms with Gasteiger partial charge in [0, 0.05) is 27.6 Å². The molecule has 5 rings (SSSR count). The van der Waals surface area contributed by atoms with Gasteiger partial charge in [0.1, 0.15) is 5.75 Å². The minimum absolute atomic E-state index is 0.00596. The molecule has 1 aromatic rings. The van der Waals surface area contributed by atoms with E-state index in [1.807, 2.05) is 0 Å². The molecule has 0 bridgehead atoms. The Balaban J connectivity index is 1.76. The van der Waals surface area contributed by atoms with Gasteiger partial charge in [-0.05, 0) is 158 Å². The van der Waals surface area contributed by atoms with Crippen molar-refractivity contribution in [3.05, 3.63) is 28.8 Å². The normalized spacial score (nSPS) is 25.3. The first-order valence-electron chi connectivity index (χ1n) is 24.2. The Morgan fingerprint density at radius 2 is 1.02 bits per heavy atom. The van der Waals surface area contributed by atoms with Crippen molar-refractivity contribution < 1.29 is 34.6 Å². The van der Waals surface area contributed by atoms with E-state index in [1.165, 1.54) is 25.7 Å². The van der Waals surface area contributed by atoms with Crippen LogP contribution < -0.4 is 0 Å². The van der Waals surface area contributed by atoms with Crippen molar-refractivity contribution in [1.82, 2.24) is 10.1 Å². The van der Waals surface area contributed by atoms with Crippen LogP contribution in [0.5, 0.6) is 5.75 Å². The third kappa shape index (κ3) is 10.5. The molecule has 2 aliphatic heterocycles. The lowest BCUT2D eigenvalue weighted by atomic mass is 9.47. The molecular formula is C52H88N2O7. The second-order valence-electron chi connectivity index (χ2n) is 24.8. The van der Waals surface area contributed by atoms with Crippen molar-refractivity contribution in [2.24, 2.45) is 29.1 Å². The number of piperidine rings is 2. The zero-order valence-electron chi connectivity index (χ0n) is 41.3. The molecule has 2 saturated carbocycles. The maximum absolute atomic E-state index is 14.1. The standard InChI is InChI=1S/C52H88N2O7/c1-16-39(35-30-48(8,9)53(49(10,11)31-35)60-37-23-19-17-20-24-37)52(42(44(56)57)45(58)59,29-34-27-40(46(2,3)4)43(55)41(28-34)47(5,6)7)36-32-50(12,13)54(51(14,15)33-36)61-38-25-21-18-22-26-38/h27-28,35-39,42,55H,16-26,29-33H2,1-15H3,(H,56,57)(H,58,59). The van der Waals surface area contributed by atoms with Gasteiger partial charge in [0.25, 0.3) is 0 Å². The van der Waals surface area contributed by atoms with Crippen molar-refractivity contribution in [3.63, 3.8) is 0 Å². The number of hydrogen-bond donors (Lipinski definition) is 3. The summed E-state index contributed by atoms with van der Waals surface area (Å²) in [5, 5.41) is 39.4. The summed E-state index contributed by atoms with van der Waals surface area (Å²) in [5.41, 5.74) is -1.39. The largest absolute Gasteiger partial charge is 0.507 e. The van der Waals surface area contributed by atoms with E-state index in [0.717, 1.165) is 68.1 Å². The number of nitrogens with zero attached hydrogens (tertiary/aromatic N) is 2. The Kier molecular flexibility index (Phi) is 14.7. The van der Waals surface area contributed by atoms with Gasteiger partial charge in [-0.25, -0.2) is 0 Å².